The summed E-state index contributed by atoms with van der Waals surface area (Å²) in [6.45, 7) is 0. The summed E-state index contributed by atoms with van der Waals surface area (Å²) in [5.41, 5.74) is 7.56. The van der Waals surface area contributed by atoms with Crippen molar-refractivity contribution in [1.82, 2.24) is 4.98 Å². The summed E-state index contributed by atoms with van der Waals surface area (Å²) in [4.78, 5) is 9.28. The normalized spacial score (nSPS) is 13.0. The molecule has 4 nitrogen and oxygen atoms in total. The Morgan fingerprint density at radius 2 is 1.78 bits per heavy atom. The van der Waals surface area contributed by atoms with Gasteiger partial charge in [-0.1, -0.05) is 53.4 Å². The van der Waals surface area contributed by atoms with Gasteiger partial charge in [0, 0.05) is 16.8 Å². The maximum atomic E-state index is 4.53. The highest BCUT2D eigenvalue weighted by molar-refractivity contribution is 7.99. The molecule has 0 radical (unpaired) electrons. The minimum absolute atomic E-state index is 0.799. The van der Waals surface area contributed by atoms with Gasteiger partial charge in [0.2, 0.25) is 5.13 Å². The SMILES string of the molecule is CN1c2ccccc2Sc2cc(/C=N/Nc3nc4ccccc4s3)ccc21. The third-order valence-corrected chi connectivity index (χ3v) is 6.51. The van der Waals surface area contributed by atoms with Crippen molar-refractivity contribution in [3.05, 3.63) is 72.3 Å². The van der Waals surface area contributed by atoms with E-state index in [0.29, 0.717) is 0 Å². The zero-order valence-electron chi connectivity index (χ0n) is 14.6. The lowest BCUT2D eigenvalue weighted by Gasteiger charge is -2.29. The topological polar surface area (TPSA) is 40.5 Å². The first-order valence-electron chi connectivity index (χ1n) is 8.57. The highest BCUT2D eigenvalue weighted by atomic mass is 32.2. The van der Waals surface area contributed by atoms with Gasteiger partial charge < -0.3 is 4.90 Å². The van der Waals surface area contributed by atoms with E-state index in [1.807, 2.05) is 24.4 Å². The third kappa shape index (κ3) is 3.07. The van der Waals surface area contributed by atoms with Crippen LogP contribution in [0.25, 0.3) is 10.2 Å². The van der Waals surface area contributed by atoms with Crippen molar-refractivity contribution >= 4 is 56.0 Å². The molecule has 0 saturated heterocycles. The van der Waals surface area contributed by atoms with Crippen LogP contribution in [-0.4, -0.2) is 18.2 Å². The Hall–Kier alpha value is -2.83. The largest absolute Gasteiger partial charge is 0.343 e. The van der Waals surface area contributed by atoms with Crippen LogP contribution in [0, 0.1) is 0 Å². The van der Waals surface area contributed by atoms with Crippen LogP contribution in [-0.2, 0) is 0 Å². The molecule has 0 unspecified atom stereocenters. The van der Waals surface area contributed by atoms with Crippen LogP contribution in [0.4, 0.5) is 16.5 Å². The molecule has 0 amide bonds. The average Bonchev–Trinajstić information content (AvgIpc) is 3.11. The predicted octanol–water partition coefficient (Wildman–Crippen LogP) is 5.97. The van der Waals surface area contributed by atoms with Crippen molar-refractivity contribution < 1.29 is 0 Å². The molecule has 1 aliphatic heterocycles. The number of aromatic nitrogens is 1. The molecule has 0 bridgehead atoms. The number of thiazole rings is 1. The number of anilines is 3. The van der Waals surface area contributed by atoms with Crippen LogP contribution in [0.3, 0.4) is 0 Å². The van der Waals surface area contributed by atoms with Crippen molar-refractivity contribution in [3.63, 3.8) is 0 Å². The number of nitrogens with one attached hydrogen (secondary N) is 1. The molecule has 27 heavy (non-hydrogen) atoms. The van der Waals surface area contributed by atoms with Gasteiger partial charge in [0.25, 0.3) is 0 Å². The highest BCUT2D eigenvalue weighted by Crippen LogP contribution is 2.47. The number of benzene rings is 3. The number of hydrogen-bond acceptors (Lipinski definition) is 6. The van der Waals surface area contributed by atoms with Crippen molar-refractivity contribution in [2.75, 3.05) is 17.4 Å². The fourth-order valence-electron chi connectivity index (χ4n) is 3.12. The van der Waals surface area contributed by atoms with E-state index in [2.05, 4.69) is 76.0 Å². The highest BCUT2D eigenvalue weighted by Gasteiger charge is 2.20. The van der Waals surface area contributed by atoms with E-state index >= 15 is 0 Å². The number of para-hydroxylation sites is 2. The Labute approximate surface area is 165 Å². The molecule has 0 saturated carbocycles. The first-order valence-corrected chi connectivity index (χ1v) is 10.2. The van der Waals surface area contributed by atoms with Gasteiger partial charge in [-0.15, -0.1) is 0 Å². The van der Waals surface area contributed by atoms with E-state index in [0.717, 1.165) is 20.9 Å². The second kappa shape index (κ2) is 6.72. The second-order valence-corrected chi connectivity index (χ2v) is 8.33. The van der Waals surface area contributed by atoms with Gasteiger partial charge in [0.15, 0.2) is 0 Å². The Balaban J connectivity index is 1.37. The number of fused-ring (bicyclic) bond motifs is 3. The minimum Gasteiger partial charge on any atom is -0.343 e. The maximum absolute atomic E-state index is 4.53. The Morgan fingerprint density at radius 1 is 0.963 bits per heavy atom. The van der Waals surface area contributed by atoms with Crippen LogP contribution in [0.5, 0.6) is 0 Å². The number of rotatable bonds is 3. The molecule has 1 aliphatic rings. The zero-order chi connectivity index (χ0) is 18.2. The van der Waals surface area contributed by atoms with Crippen molar-refractivity contribution in [2.45, 2.75) is 9.79 Å². The minimum atomic E-state index is 0.799. The van der Waals surface area contributed by atoms with Gasteiger partial charge >= 0.3 is 0 Å². The van der Waals surface area contributed by atoms with Gasteiger partial charge in [-0.2, -0.15) is 5.10 Å². The van der Waals surface area contributed by atoms with E-state index in [9.17, 15) is 0 Å². The quantitative estimate of drug-likeness (QED) is 0.346. The molecule has 3 aromatic carbocycles. The molecule has 0 atom stereocenters. The van der Waals surface area contributed by atoms with Crippen LogP contribution in [0.2, 0.25) is 0 Å². The molecular weight excluding hydrogens is 372 g/mol. The standard InChI is InChI=1S/C21H16N4S2/c1-25-16-7-3-5-9-19(16)26-20-12-14(10-11-17(20)25)13-22-24-21-23-15-6-2-4-8-18(15)27-21/h2-13H,1H3,(H,23,24)/b22-13+. The molecule has 6 heteroatoms. The van der Waals surface area contributed by atoms with Gasteiger partial charge in [0.1, 0.15) is 0 Å². The Bertz CT molecular complexity index is 1130. The molecule has 132 valence electrons. The smallest absolute Gasteiger partial charge is 0.204 e. The molecular formula is C21H16N4S2. The lowest BCUT2D eigenvalue weighted by atomic mass is 10.2. The van der Waals surface area contributed by atoms with Gasteiger partial charge in [0.05, 0.1) is 27.8 Å². The summed E-state index contributed by atoms with van der Waals surface area (Å²) in [7, 11) is 2.11. The molecule has 0 aliphatic carbocycles. The molecule has 1 N–H and O–H groups in total. The van der Waals surface area contributed by atoms with E-state index in [4.69, 9.17) is 0 Å². The van der Waals surface area contributed by atoms with Crippen molar-refractivity contribution in [1.29, 1.82) is 0 Å². The summed E-state index contributed by atoms with van der Waals surface area (Å²) in [5.74, 6) is 0. The van der Waals surface area contributed by atoms with E-state index in [-0.39, 0.29) is 0 Å². The van der Waals surface area contributed by atoms with Crippen LogP contribution >= 0.6 is 23.1 Å². The lowest BCUT2D eigenvalue weighted by molar-refractivity contribution is 1.11. The van der Waals surface area contributed by atoms with Crippen LogP contribution in [0.15, 0.2) is 81.6 Å². The zero-order valence-corrected chi connectivity index (χ0v) is 16.2. The van der Waals surface area contributed by atoms with E-state index in [1.165, 1.54) is 21.2 Å². The fraction of sp³-hybridized carbons (Fsp3) is 0.0476. The van der Waals surface area contributed by atoms with Crippen LogP contribution in [0.1, 0.15) is 5.56 Å². The van der Waals surface area contributed by atoms with Crippen molar-refractivity contribution in [2.24, 2.45) is 5.10 Å². The van der Waals surface area contributed by atoms with E-state index in [1.54, 1.807) is 23.1 Å². The van der Waals surface area contributed by atoms with Crippen molar-refractivity contribution in [3.8, 4) is 0 Å². The first-order chi connectivity index (χ1) is 13.3. The lowest BCUT2D eigenvalue weighted by Crippen LogP contribution is -2.14. The summed E-state index contributed by atoms with van der Waals surface area (Å²) < 4.78 is 1.15. The summed E-state index contributed by atoms with van der Waals surface area (Å²) in [5, 5.41) is 5.17. The molecule has 0 spiro atoms. The molecule has 1 aromatic heterocycles. The number of hydrazone groups is 1. The fourth-order valence-corrected chi connectivity index (χ4v) is 5.13. The molecule has 2 heterocycles. The van der Waals surface area contributed by atoms with Gasteiger partial charge in [-0.25, -0.2) is 4.98 Å². The van der Waals surface area contributed by atoms with E-state index < -0.39 is 0 Å². The Morgan fingerprint density at radius 3 is 2.70 bits per heavy atom. The monoisotopic (exact) mass is 388 g/mol. The third-order valence-electron chi connectivity index (χ3n) is 4.46. The van der Waals surface area contributed by atoms with Gasteiger partial charge in [-0.05, 0) is 42.0 Å². The molecule has 5 rings (SSSR count). The summed E-state index contributed by atoms with van der Waals surface area (Å²) in [6.07, 6.45) is 1.84. The predicted molar refractivity (Wildman–Crippen MR) is 116 cm³/mol. The molecule has 0 fully saturated rings. The Kier molecular flexibility index (Phi) is 4.07. The second-order valence-electron chi connectivity index (χ2n) is 6.21. The van der Waals surface area contributed by atoms with Gasteiger partial charge in [-0.3, -0.25) is 5.43 Å². The summed E-state index contributed by atoms with van der Waals surface area (Å²) in [6, 6.07) is 23.0. The summed E-state index contributed by atoms with van der Waals surface area (Å²) >= 11 is 3.40. The first kappa shape index (κ1) is 16.4. The number of hydrogen-bond donors (Lipinski definition) is 1. The maximum Gasteiger partial charge on any atom is 0.204 e. The number of nitrogens with zero attached hydrogens (tertiary/aromatic N) is 3. The molecule has 4 aromatic rings. The average molecular weight is 389 g/mol. The van der Waals surface area contributed by atoms with Crippen LogP contribution < -0.4 is 10.3 Å².